The Morgan fingerprint density at radius 3 is 2.39 bits per heavy atom. The highest BCUT2D eigenvalue weighted by Crippen LogP contribution is 2.26. The molecule has 1 aromatic carbocycles. The minimum absolute atomic E-state index is 0.0559. The molecule has 31 heavy (non-hydrogen) atoms. The van der Waals surface area contributed by atoms with E-state index in [4.69, 9.17) is 15.9 Å². The highest BCUT2D eigenvalue weighted by atomic mass is 16.3. The molecule has 1 saturated carbocycles. The maximum Gasteiger partial charge on any atom is 0.290 e. The number of rotatable bonds is 11. The lowest BCUT2D eigenvalue weighted by molar-refractivity contribution is -0.119. The molecule has 1 aliphatic rings. The highest BCUT2D eigenvalue weighted by molar-refractivity contribution is 5.91. The summed E-state index contributed by atoms with van der Waals surface area (Å²) in [6.07, 6.45) is 9.92. The molecule has 0 unspecified atom stereocenters. The topological polar surface area (TPSA) is 103 Å². The Kier molecular flexibility index (Phi) is 8.85. The van der Waals surface area contributed by atoms with Crippen molar-refractivity contribution in [3.8, 4) is 0 Å². The van der Waals surface area contributed by atoms with Crippen LogP contribution in [0.1, 0.15) is 73.0 Å². The Bertz CT molecular complexity index is 811. The van der Waals surface area contributed by atoms with Gasteiger partial charge in [0.05, 0.1) is 12.3 Å². The van der Waals surface area contributed by atoms with Crippen molar-refractivity contribution in [2.45, 2.75) is 76.4 Å². The molecule has 0 aliphatic heterocycles. The minimum atomic E-state index is -0.432. The first kappa shape index (κ1) is 23.2. The van der Waals surface area contributed by atoms with Crippen molar-refractivity contribution < 1.29 is 14.0 Å². The molecule has 1 atom stereocenters. The van der Waals surface area contributed by atoms with Gasteiger partial charge in [-0.1, -0.05) is 49.9 Å². The molecule has 0 saturated heterocycles. The third-order valence-electron chi connectivity index (χ3n) is 6.15. The Balaban J connectivity index is 1.62. The van der Waals surface area contributed by atoms with Crippen LogP contribution < -0.4 is 11.5 Å². The standard InChI is InChI=1S/C25H35N3O3/c26-15-5-4-9-22(27)23(29)17-19-11-13-20(14-12-19)18-28(21-7-2-1-3-8-21)25(30)24-10-6-16-31-24/h6,10-14,16,21-22H,1-5,7-9,15,17-18,26-27H2/t22-/m0/s1. The van der Waals surface area contributed by atoms with Crippen LogP contribution >= 0.6 is 0 Å². The van der Waals surface area contributed by atoms with Crippen LogP contribution in [0.25, 0.3) is 0 Å². The van der Waals surface area contributed by atoms with E-state index in [-0.39, 0.29) is 17.7 Å². The van der Waals surface area contributed by atoms with E-state index in [9.17, 15) is 9.59 Å². The quantitative estimate of drug-likeness (QED) is 0.533. The molecule has 3 rings (SSSR count). The number of amides is 1. The lowest BCUT2D eigenvalue weighted by Crippen LogP contribution is -2.40. The zero-order valence-corrected chi connectivity index (χ0v) is 18.3. The highest BCUT2D eigenvalue weighted by Gasteiger charge is 2.27. The fourth-order valence-corrected chi connectivity index (χ4v) is 4.26. The first-order valence-electron chi connectivity index (χ1n) is 11.5. The number of benzene rings is 1. The third-order valence-corrected chi connectivity index (χ3v) is 6.15. The van der Waals surface area contributed by atoms with Crippen molar-refractivity contribution >= 4 is 11.7 Å². The van der Waals surface area contributed by atoms with E-state index in [0.717, 1.165) is 49.7 Å². The predicted octanol–water partition coefficient (Wildman–Crippen LogP) is 3.82. The molecule has 1 heterocycles. The molecule has 0 radical (unpaired) electrons. The number of carbonyl (C=O) groups excluding carboxylic acids is 2. The second-order valence-corrected chi connectivity index (χ2v) is 8.55. The van der Waals surface area contributed by atoms with Gasteiger partial charge in [-0.3, -0.25) is 9.59 Å². The fraction of sp³-hybridized carbons (Fsp3) is 0.520. The molecule has 1 aromatic heterocycles. The molecular weight excluding hydrogens is 390 g/mol. The number of nitrogens with two attached hydrogens (primary N) is 2. The Hall–Kier alpha value is -2.44. The summed E-state index contributed by atoms with van der Waals surface area (Å²) in [6, 6.07) is 11.2. The molecule has 1 aliphatic carbocycles. The van der Waals surface area contributed by atoms with E-state index in [0.29, 0.717) is 31.7 Å². The van der Waals surface area contributed by atoms with Gasteiger partial charge in [0.15, 0.2) is 11.5 Å². The number of Topliss-reactive ketones (excluding diaryl/α,β-unsaturated/α-hetero) is 1. The van der Waals surface area contributed by atoms with Crippen LogP contribution in [0.3, 0.4) is 0 Å². The zero-order chi connectivity index (χ0) is 22.1. The molecule has 0 bridgehead atoms. The smallest absolute Gasteiger partial charge is 0.290 e. The van der Waals surface area contributed by atoms with Crippen molar-refractivity contribution in [3.63, 3.8) is 0 Å². The van der Waals surface area contributed by atoms with Crippen molar-refractivity contribution in [2.24, 2.45) is 11.5 Å². The van der Waals surface area contributed by atoms with Gasteiger partial charge in [-0.25, -0.2) is 0 Å². The summed E-state index contributed by atoms with van der Waals surface area (Å²) < 4.78 is 5.38. The molecule has 1 fully saturated rings. The number of carbonyl (C=O) groups is 2. The number of hydrogen-bond acceptors (Lipinski definition) is 5. The molecule has 2 aromatic rings. The van der Waals surface area contributed by atoms with Gasteiger partial charge in [0.25, 0.3) is 5.91 Å². The normalized spacial score (nSPS) is 15.5. The number of hydrogen-bond donors (Lipinski definition) is 2. The molecular formula is C25H35N3O3. The Morgan fingerprint density at radius 2 is 1.74 bits per heavy atom. The minimum Gasteiger partial charge on any atom is -0.459 e. The Morgan fingerprint density at radius 1 is 1.03 bits per heavy atom. The number of furan rings is 1. The van der Waals surface area contributed by atoms with Crippen LogP contribution in [0.15, 0.2) is 47.1 Å². The predicted molar refractivity (Wildman–Crippen MR) is 121 cm³/mol. The van der Waals surface area contributed by atoms with E-state index in [1.165, 1.54) is 6.42 Å². The van der Waals surface area contributed by atoms with Gasteiger partial charge in [0.2, 0.25) is 0 Å². The lowest BCUT2D eigenvalue weighted by atomic mass is 9.93. The second kappa shape index (κ2) is 11.8. The van der Waals surface area contributed by atoms with Crippen molar-refractivity contribution in [1.29, 1.82) is 0 Å². The molecule has 168 valence electrons. The van der Waals surface area contributed by atoms with Crippen molar-refractivity contribution in [2.75, 3.05) is 6.54 Å². The average molecular weight is 426 g/mol. The van der Waals surface area contributed by atoms with Gasteiger partial charge < -0.3 is 20.8 Å². The SMILES string of the molecule is NCCCC[C@H](N)C(=O)Cc1ccc(CN(C(=O)c2ccco2)C2CCCCC2)cc1. The van der Waals surface area contributed by atoms with Crippen LogP contribution in [-0.4, -0.2) is 35.2 Å². The summed E-state index contributed by atoms with van der Waals surface area (Å²) in [7, 11) is 0. The maximum absolute atomic E-state index is 13.1. The van der Waals surface area contributed by atoms with E-state index < -0.39 is 6.04 Å². The summed E-state index contributed by atoms with van der Waals surface area (Å²) in [4.78, 5) is 27.4. The molecule has 4 N–H and O–H groups in total. The van der Waals surface area contributed by atoms with E-state index in [1.54, 1.807) is 18.4 Å². The first-order chi connectivity index (χ1) is 15.1. The van der Waals surface area contributed by atoms with Crippen molar-refractivity contribution in [3.05, 3.63) is 59.5 Å². The Labute approximate surface area is 185 Å². The summed E-state index contributed by atoms with van der Waals surface area (Å²) in [5.74, 6) is 0.387. The van der Waals surface area contributed by atoms with Gasteiger partial charge >= 0.3 is 0 Å². The maximum atomic E-state index is 13.1. The molecule has 6 nitrogen and oxygen atoms in total. The third kappa shape index (κ3) is 6.77. The molecule has 6 heteroatoms. The second-order valence-electron chi connectivity index (χ2n) is 8.55. The summed E-state index contributed by atoms with van der Waals surface area (Å²) in [5.41, 5.74) is 13.5. The van der Waals surface area contributed by atoms with Gasteiger partial charge in [-0.15, -0.1) is 0 Å². The summed E-state index contributed by atoms with van der Waals surface area (Å²) in [5, 5.41) is 0. The van der Waals surface area contributed by atoms with Crippen LogP contribution in [-0.2, 0) is 17.8 Å². The number of unbranched alkanes of at least 4 members (excludes halogenated alkanes) is 1. The first-order valence-corrected chi connectivity index (χ1v) is 11.5. The van der Waals surface area contributed by atoms with Crippen LogP contribution in [0, 0.1) is 0 Å². The molecule has 1 amide bonds. The van der Waals surface area contributed by atoms with Crippen LogP contribution in [0.4, 0.5) is 0 Å². The van der Waals surface area contributed by atoms with E-state index >= 15 is 0 Å². The van der Waals surface area contributed by atoms with E-state index in [2.05, 4.69) is 0 Å². The van der Waals surface area contributed by atoms with Gasteiger partial charge in [0.1, 0.15) is 0 Å². The van der Waals surface area contributed by atoms with Crippen LogP contribution in [0.2, 0.25) is 0 Å². The van der Waals surface area contributed by atoms with Gasteiger partial charge in [-0.2, -0.15) is 0 Å². The van der Waals surface area contributed by atoms with Crippen molar-refractivity contribution in [1.82, 2.24) is 4.90 Å². The lowest BCUT2D eigenvalue weighted by Gasteiger charge is -2.34. The molecule has 0 spiro atoms. The number of nitrogens with zero attached hydrogens (tertiary/aromatic N) is 1. The monoisotopic (exact) mass is 425 g/mol. The summed E-state index contributed by atoms with van der Waals surface area (Å²) in [6.45, 7) is 1.17. The van der Waals surface area contributed by atoms with Crippen LogP contribution in [0.5, 0.6) is 0 Å². The average Bonchev–Trinajstić information content (AvgIpc) is 3.34. The van der Waals surface area contributed by atoms with E-state index in [1.807, 2.05) is 29.2 Å². The van der Waals surface area contributed by atoms with Gasteiger partial charge in [0, 0.05) is 19.0 Å². The largest absolute Gasteiger partial charge is 0.459 e. The fourth-order valence-electron chi connectivity index (χ4n) is 4.26. The summed E-state index contributed by atoms with van der Waals surface area (Å²) >= 11 is 0. The number of ketones is 1. The van der Waals surface area contributed by atoms with Gasteiger partial charge in [-0.05, 0) is 55.5 Å². The zero-order valence-electron chi connectivity index (χ0n) is 18.3.